The van der Waals surface area contributed by atoms with Crippen molar-refractivity contribution in [3.8, 4) is 0 Å². The first-order valence-corrected chi connectivity index (χ1v) is 7.51. The van der Waals surface area contributed by atoms with Gasteiger partial charge in [-0.1, -0.05) is 13.3 Å². The van der Waals surface area contributed by atoms with Crippen LogP contribution in [0.25, 0.3) is 0 Å². The molecule has 1 amide bonds. The average Bonchev–Trinajstić information content (AvgIpc) is 2.89. The number of carboxylic acids is 1. The molecule has 19 heavy (non-hydrogen) atoms. The number of amides is 1. The second-order valence-electron chi connectivity index (χ2n) is 4.78. The van der Waals surface area contributed by atoms with Crippen LogP contribution in [0.3, 0.4) is 0 Å². The van der Waals surface area contributed by atoms with Crippen LogP contribution in [0.1, 0.15) is 59.3 Å². The van der Waals surface area contributed by atoms with E-state index in [0.717, 1.165) is 50.0 Å². The van der Waals surface area contributed by atoms with Gasteiger partial charge in [-0.25, -0.2) is 9.78 Å². The third kappa shape index (κ3) is 3.12. The molecule has 5 nitrogen and oxygen atoms in total. The minimum Gasteiger partial charge on any atom is -0.476 e. The highest BCUT2D eigenvalue weighted by molar-refractivity contribution is 7.11. The standard InChI is InChI=1S/C13H18N2O3S/c1-2-5-9-6-3-4-7-15(9)12(16)10-8-19-11(14-10)13(17)18/h8-9H,2-7H2,1H3,(H,17,18). The molecule has 0 saturated carbocycles. The Morgan fingerprint density at radius 2 is 2.32 bits per heavy atom. The smallest absolute Gasteiger partial charge is 0.365 e. The SMILES string of the molecule is CCCC1CCCCN1C(=O)c1csc(C(=O)O)n1. The quantitative estimate of drug-likeness (QED) is 0.921. The van der Waals surface area contributed by atoms with Gasteiger partial charge in [0.1, 0.15) is 5.69 Å². The van der Waals surface area contributed by atoms with E-state index < -0.39 is 5.97 Å². The highest BCUT2D eigenvalue weighted by atomic mass is 32.1. The molecule has 1 aliphatic heterocycles. The summed E-state index contributed by atoms with van der Waals surface area (Å²) < 4.78 is 0. The van der Waals surface area contributed by atoms with Crippen molar-refractivity contribution in [3.05, 3.63) is 16.1 Å². The first-order valence-electron chi connectivity index (χ1n) is 6.63. The van der Waals surface area contributed by atoms with Crippen molar-refractivity contribution in [2.75, 3.05) is 6.54 Å². The van der Waals surface area contributed by atoms with E-state index in [-0.39, 0.29) is 22.7 Å². The molecule has 0 spiro atoms. The maximum Gasteiger partial charge on any atom is 0.365 e. The van der Waals surface area contributed by atoms with E-state index in [2.05, 4.69) is 11.9 Å². The summed E-state index contributed by atoms with van der Waals surface area (Å²) >= 11 is 1.01. The van der Waals surface area contributed by atoms with Crippen molar-refractivity contribution < 1.29 is 14.7 Å². The Morgan fingerprint density at radius 1 is 1.53 bits per heavy atom. The number of thiazole rings is 1. The molecule has 0 aliphatic carbocycles. The lowest BCUT2D eigenvalue weighted by atomic mass is 9.98. The fourth-order valence-electron chi connectivity index (χ4n) is 2.52. The number of carbonyl (C=O) groups is 2. The van der Waals surface area contributed by atoms with Crippen LogP contribution in [0, 0.1) is 0 Å². The highest BCUT2D eigenvalue weighted by Crippen LogP contribution is 2.23. The lowest BCUT2D eigenvalue weighted by Gasteiger charge is -2.35. The summed E-state index contributed by atoms with van der Waals surface area (Å²) in [7, 11) is 0. The van der Waals surface area contributed by atoms with Gasteiger partial charge in [-0.15, -0.1) is 11.3 Å². The zero-order chi connectivity index (χ0) is 13.8. The monoisotopic (exact) mass is 282 g/mol. The molecule has 1 N–H and O–H groups in total. The number of piperidine rings is 1. The van der Waals surface area contributed by atoms with E-state index in [0.29, 0.717) is 0 Å². The van der Waals surface area contributed by atoms with E-state index in [1.54, 1.807) is 5.38 Å². The van der Waals surface area contributed by atoms with E-state index in [4.69, 9.17) is 5.11 Å². The van der Waals surface area contributed by atoms with E-state index in [1.165, 1.54) is 0 Å². The van der Waals surface area contributed by atoms with Crippen LogP contribution in [0.5, 0.6) is 0 Å². The van der Waals surface area contributed by atoms with Gasteiger partial charge in [0.15, 0.2) is 0 Å². The number of likely N-dealkylation sites (tertiary alicyclic amines) is 1. The van der Waals surface area contributed by atoms with E-state index >= 15 is 0 Å². The molecule has 104 valence electrons. The fraction of sp³-hybridized carbons (Fsp3) is 0.615. The Morgan fingerprint density at radius 3 is 2.95 bits per heavy atom. The molecule has 1 saturated heterocycles. The summed E-state index contributed by atoms with van der Waals surface area (Å²) in [4.78, 5) is 29.0. The predicted molar refractivity (Wildman–Crippen MR) is 72.7 cm³/mol. The van der Waals surface area contributed by atoms with E-state index in [9.17, 15) is 9.59 Å². The first kappa shape index (κ1) is 14.0. The molecule has 1 fully saturated rings. The maximum absolute atomic E-state index is 12.4. The highest BCUT2D eigenvalue weighted by Gasteiger charge is 2.28. The lowest BCUT2D eigenvalue weighted by molar-refractivity contribution is 0.0595. The summed E-state index contributed by atoms with van der Waals surface area (Å²) in [6.07, 6.45) is 5.26. The topological polar surface area (TPSA) is 70.5 Å². The summed E-state index contributed by atoms with van der Waals surface area (Å²) in [6, 6.07) is 0.279. The zero-order valence-corrected chi connectivity index (χ0v) is 11.8. The Kier molecular flexibility index (Phi) is 4.52. The number of rotatable bonds is 4. The number of carboxylic acid groups (broad SMARTS) is 1. The van der Waals surface area contributed by atoms with Gasteiger partial charge < -0.3 is 10.0 Å². The molecule has 2 heterocycles. The molecule has 1 unspecified atom stereocenters. The van der Waals surface area contributed by atoms with Crippen molar-refractivity contribution in [1.29, 1.82) is 0 Å². The van der Waals surface area contributed by atoms with Crippen molar-refractivity contribution in [2.24, 2.45) is 0 Å². The number of hydrogen-bond acceptors (Lipinski definition) is 4. The van der Waals surface area contributed by atoms with Gasteiger partial charge in [-0.05, 0) is 25.7 Å². The fourth-order valence-corrected chi connectivity index (χ4v) is 3.15. The van der Waals surface area contributed by atoms with Crippen LogP contribution in [0.15, 0.2) is 5.38 Å². The Bertz CT molecular complexity index is 470. The molecule has 1 atom stereocenters. The molecule has 1 aromatic rings. The van der Waals surface area contributed by atoms with Crippen LogP contribution in [-0.4, -0.2) is 39.5 Å². The van der Waals surface area contributed by atoms with Crippen LogP contribution in [-0.2, 0) is 0 Å². The minimum atomic E-state index is -1.08. The third-order valence-corrected chi connectivity index (χ3v) is 4.25. The Labute approximate surface area is 116 Å². The van der Waals surface area contributed by atoms with Gasteiger partial charge in [0.2, 0.25) is 5.01 Å². The van der Waals surface area contributed by atoms with Crippen LogP contribution >= 0.6 is 11.3 Å². The number of hydrogen-bond donors (Lipinski definition) is 1. The zero-order valence-electron chi connectivity index (χ0n) is 11.0. The van der Waals surface area contributed by atoms with Gasteiger partial charge in [-0.3, -0.25) is 4.79 Å². The Hall–Kier alpha value is -1.43. The molecule has 6 heteroatoms. The molecule has 0 radical (unpaired) electrons. The Balaban J connectivity index is 2.13. The van der Waals surface area contributed by atoms with Gasteiger partial charge in [0.25, 0.3) is 5.91 Å². The average molecular weight is 282 g/mol. The van der Waals surface area contributed by atoms with Crippen LogP contribution in [0.2, 0.25) is 0 Å². The van der Waals surface area contributed by atoms with Gasteiger partial charge in [0.05, 0.1) is 0 Å². The largest absolute Gasteiger partial charge is 0.476 e. The van der Waals surface area contributed by atoms with Crippen LogP contribution in [0.4, 0.5) is 0 Å². The lowest BCUT2D eigenvalue weighted by Crippen LogP contribution is -2.43. The molecular weight excluding hydrogens is 264 g/mol. The molecular formula is C13H18N2O3S. The second kappa shape index (κ2) is 6.14. The van der Waals surface area contributed by atoms with Gasteiger partial charge in [-0.2, -0.15) is 0 Å². The molecule has 0 bridgehead atoms. The van der Waals surface area contributed by atoms with Crippen molar-refractivity contribution in [3.63, 3.8) is 0 Å². The van der Waals surface area contributed by atoms with Gasteiger partial charge >= 0.3 is 5.97 Å². The number of aromatic nitrogens is 1. The van der Waals surface area contributed by atoms with Crippen LogP contribution < -0.4 is 0 Å². The maximum atomic E-state index is 12.4. The second-order valence-corrected chi connectivity index (χ2v) is 5.64. The number of aromatic carboxylic acids is 1. The van der Waals surface area contributed by atoms with Crippen molar-refractivity contribution in [2.45, 2.75) is 45.1 Å². The summed E-state index contributed by atoms with van der Waals surface area (Å²) in [5, 5.41) is 10.4. The number of carbonyl (C=O) groups excluding carboxylic acids is 1. The number of nitrogens with zero attached hydrogens (tertiary/aromatic N) is 2. The predicted octanol–water partition coefficient (Wildman–Crippen LogP) is 2.64. The summed E-state index contributed by atoms with van der Waals surface area (Å²) in [6.45, 7) is 2.87. The summed E-state index contributed by atoms with van der Waals surface area (Å²) in [5.74, 6) is -1.20. The van der Waals surface area contributed by atoms with E-state index in [1.807, 2.05) is 4.90 Å². The van der Waals surface area contributed by atoms with Gasteiger partial charge in [0, 0.05) is 18.0 Å². The molecule has 1 aliphatic rings. The molecule has 2 rings (SSSR count). The molecule has 1 aromatic heterocycles. The normalized spacial score (nSPS) is 19.4. The van der Waals surface area contributed by atoms with Crippen molar-refractivity contribution >= 4 is 23.2 Å². The van der Waals surface area contributed by atoms with Crippen molar-refractivity contribution in [1.82, 2.24) is 9.88 Å². The minimum absolute atomic E-state index is 0.0209. The summed E-state index contributed by atoms with van der Waals surface area (Å²) in [5.41, 5.74) is 0.269. The first-order chi connectivity index (χ1) is 9.13. The third-order valence-electron chi connectivity index (χ3n) is 3.42. The molecule has 0 aromatic carbocycles.